The van der Waals surface area contributed by atoms with Crippen molar-refractivity contribution in [2.45, 2.75) is 45.9 Å². The van der Waals surface area contributed by atoms with E-state index in [9.17, 15) is 14.9 Å². The Hall–Kier alpha value is -3.22. The zero-order valence-corrected chi connectivity index (χ0v) is 22.2. The molecule has 0 bridgehead atoms. The van der Waals surface area contributed by atoms with E-state index in [0.29, 0.717) is 0 Å². The number of halogens is 1. The number of esters is 1. The molecule has 1 fully saturated rings. The molecule has 0 saturated carbocycles. The Kier molecular flexibility index (Phi) is 11.8. The molecule has 3 rings (SSSR count). The van der Waals surface area contributed by atoms with Gasteiger partial charge in [0.05, 0.1) is 18.1 Å². The van der Waals surface area contributed by atoms with Crippen LogP contribution in [0.25, 0.3) is 0 Å². The van der Waals surface area contributed by atoms with E-state index in [4.69, 9.17) is 19.9 Å². The van der Waals surface area contributed by atoms with Gasteiger partial charge in [-0.3, -0.25) is 19.8 Å². The van der Waals surface area contributed by atoms with Crippen LogP contribution in [0.3, 0.4) is 0 Å². The number of nitro groups is 1. The summed E-state index contributed by atoms with van der Waals surface area (Å²) in [6, 6.07) is 7.78. The fourth-order valence-electron chi connectivity index (χ4n) is 4.15. The fourth-order valence-corrected chi connectivity index (χ4v) is 4.15. The van der Waals surface area contributed by atoms with Crippen molar-refractivity contribution >= 4 is 35.7 Å². The summed E-state index contributed by atoms with van der Waals surface area (Å²) in [5.74, 6) is -1.03. The third kappa shape index (κ3) is 8.69. The van der Waals surface area contributed by atoms with Crippen LogP contribution < -0.4 is 15.4 Å². The van der Waals surface area contributed by atoms with Gasteiger partial charge in [-0.1, -0.05) is 24.3 Å². The maximum absolute atomic E-state index is 12.5. The Morgan fingerprint density at radius 2 is 1.97 bits per heavy atom. The Morgan fingerprint density at radius 1 is 1.27 bits per heavy atom. The Bertz CT molecular complexity index is 1050. The Labute approximate surface area is 222 Å². The van der Waals surface area contributed by atoms with Gasteiger partial charge in [0, 0.05) is 20.2 Å². The normalized spacial score (nSPS) is 14.0. The van der Waals surface area contributed by atoms with Crippen molar-refractivity contribution < 1.29 is 23.9 Å². The molecule has 1 aromatic carbocycles. The number of benzene rings is 1. The highest BCUT2D eigenvalue weighted by Crippen LogP contribution is 2.34. The zero-order chi connectivity index (χ0) is 26.1. The molecule has 2 heterocycles. The number of methoxy groups -OCH3 is 1. The predicted molar refractivity (Wildman–Crippen MR) is 141 cm³/mol. The molecule has 0 unspecified atom stereocenters. The summed E-state index contributed by atoms with van der Waals surface area (Å²) in [5, 5.41) is 11.9. The van der Waals surface area contributed by atoms with Gasteiger partial charge >= 0.3 is 17.7 Å². The van der Waals surface area contributed by atoms with Crippen LogP contribution in [0.5, 0.6) is 6.01 Å². The molecule has 12 nitrogen and oxygen atoms in total. The third-order valence-corrected chi connectivity index (χ3v) is 5.66. The first kappa shape index (κ1) is 30.0. The summed E-state index contributed by atoms with van der Waals surface area (Å²) in [5.41, 5.74) is 7.44. The number of hydrogen-bond acceptors (Lipinski definition) is 11. The smallest absolute Gasteiger partial charge is 0.353 e. The zero-order valence-electron chi connectivity index (χ0n) is 21.4. The summed E-state index contributed by atoms with van der Waals surface area (Å²) >= 11 is 0. The molecule has 37 heavy (non-hydrogen) atoms. The van der Waals surface area contributed by atoms with Crippen LogP contribution in [0.1, 0.15) is 37.8 Å². The number of hydrogen-bond donors (Lipinski definition) is 1. The van der Waals surface area contributed by atoms with E-state index in [2.05, 4.69) is 14.9 Å². The number of anilines is 2. The van der Waals surface area contributed by atoms with Crippen molar-refractivity contribution in [3.63, 3.8) is 0 Å². The van der Waals surface area contributed by atoms with Crippen LogP contribution in [-0.4, -0.2) is 71.8 Å². The second-order valence-electron chi connectivity index (χ2n) is 8.67. The number of nitrogens with zero attached hydrogens (tertiary/aromatic N) is 5. The van der Waals surface area contributed by atoms with Crippen LogP contribution >= 0.6 is 12.4 Å². The molecule has 0 spiro atoms. The number of likely N-dealkylation sites (tertiary alicyclic amines) is 1. The van der Waals surface area contributed by atoms with E-state index in [-0.39, 0.29) is 56.4 Å². The van der Waals surface area contributed by atoms with Crippen LogP contribution in [0.4, 0.5) is 17.3 Å². The summed E-state index contributed by atoms with van der Waals surface area (Å²) < 4.78 is 15.8. The highest BCUT2D eigenvalue weighted by atomic mass is 35.5. The molecule has 1 aromatic heterocycles. The summed E-state index contributed by atoms with van der Waals surface area (Å²) in [7, 11) is 1.52. The Balaban J connectivity index is 0.00000481. The quantitative estimate of drug-likeness (QED) is 0.228. The van der Waals surface area contributed by atoms with E-state index in [0.717, 1.165) is 30.8 Å². The fraction of sp³-hybridized carbons (Fsp3) is 0.542. The molecule has 1 aliphatic rings. The van der Waals surface area contributed by atoms with Crippen molar-refractivity contribution in [2.75, 3.05) is 50.6 Å². The number of nitrogens with two attached hydrogens (primary N) is 1. The molecular weight excluding hydrogens is 504 g/mol. The molecule has 0 radical (unpaired) electrons. The summed E-state index contributed by atoms with van der Waals surface area (Å²) in [6.07, 6.45) is 1.96. The highest BCUT2D eigenvalue weighted by molar-refractivity contribution is 5.85. The van der Waals surface area contributed by atoms with E-state index >= 15 is 0 Å². The number of carbonyl (C=O) groups is 1. The number of rotatable bonds is 13. The lowest BCUT2D eigenvalue weighted by Crippen LogP contribution is -2.32. The molecule has 0 amide bonds. The van der Waals surface area contributed by atoms with Gasteiger partial charge in [-0.25, -0.2) is 0 Å². The number of ether oxygens (including phenoxy) is 3. The molecule has 2 aromatic rings. The van der Waals surface area contributed by atoms with E-state index in [1.807, 2.05) is 24.3 Å². The van der Waals surface area contributed by atoms with Crippen LogP contribution in [-0.2, 0) is 27.4 Å². The van der Waals surface area contributed by atoms with E-state index < -0.39 is 22.7 Å². The van der Waals surface area contributed by atoms with Gasteiger partial charge < -0.3 is 24.8 Å². The topological polar surface area (TPSA) is 146 Å². The van der Waals surface area contributed by atoms with Gasteiger partial charge in [0.15, 0.2) is 0 Å². The SMILES string of the molecule is CCOC(=O)CN(Cc1cccc(CN2CCCC2)c1)c1nc(O[C@@H](C)COC)nc(N)c1[N+](=O)[O-].Cl. The first-order valence-electron chi connectivity index (χ1n) is 12.0. The summed E-state index contributed by atoms with van der Waals surface area (Å²) in [4.78, 5) is 35.8. The predicted octanol–water partition coefficient (Wildman–Crippen LogP) is 2.97. The molecule has 1 aliphatic heterocycles. The van der Waals surface area contributed by atoms with Gasteiger partial charge in [-0.2, -0.15) is 9.97 Å². The average molecular weight is 539 g/mol. The van der Waals surface area contributed by atoms with Gasteiger partial charge in [-0.15, -0.1) is 12.4 Å². The lowest BCUT2D eigenvalue weighted by atomic mass is 10.1. The minimum Gasteiger partial charge on any atom is -0.465 e. The maximum atomic E-state index is 12.5. The molecule has 13 heteroatoms. The number of carbonyl (C=O) groups excluding carboxylic acids is 1. The molecule has 2 N–H and O–H groups in total. The molecule has 204 valence electrons. The first-order valence-corrected chi connectivity index (χ1v) is 12.0. The second-order valence-corrected chi connectivity index (χ2v) is 8.67. The largest absolute Gasteiger partial charge is 0.465 e. The molecule has 1 atom stereocenters. The summed E-state index contributed by atoms with van der Waals surface area (Å²) in [6.45, 7) is 6.71. The molecular formula is C24H35ClN6O6. The van der Waals surface area contributed by atoms with Gasteiger partial charge in [0.1, 0.15) is 12.6 Å². The second kappa shape index (κ2) is 14.5. The van der Waals surface area contributed by atoms with Crippen molar-refractivity contribution in [1.82, 2.24) is 14.9 Å². The maximum Gasteiger partial charge on any atom is 0.353 e. The third-order valence-electron chi connectivity index (χ3n) is 5.66. The Morgan fingerprint density at radius 3 is 2.62 bits per heavy atom. The van der Waals surface area contributed by atoms with E-state index in [1.54, 1.807) is 13.8 Å². The van der Waals surface area contributed by atoms with Crippen LogP contribution in [0, 0.1) is 10.1 Å². The highest BCUT2D eigenvalue weighted by Gasteiger charge is 2.30. The van der Waals surface area contributed by atoms with Crippen molar-refractivity contribution in [2.24, 2.45) is 0 Å². The van der Waals surface area contributed by atoms with Gasteiger partial charge in [0.2, 0.25) is 11.6 Å². The monoisotopic (exact) mass is 538 g/mol. The minimum atomic E-state index is -0.658. The first-order chi connectivity index (χ1) is 17.3. The minimum absolute atomic E-state index is 0. The van der Waals surface area contributed by atoms with Crippen molar-refractivity contribution in [3.8, 4) is 6.01 Å². The van der Waals surface area contributed by atoms with Crippen molar-refractivity contribution in [1.29, 1.82) is 0 Å². The standard InChI is InChI=1S/C24H34N6O6.ClH/c1-4-35-20(31)15-29(14-19-9-7-8-18(12-19)13-28-10-5-6-11-28)23-21(30(32)33)22(25)26-24(27-23)36-17(2)16-34-3;/h7-9,12,17H,4-6,10-11,13-16H2,1-3H3,(H2,25,26,27);1H/t17-;/m0./s1. The lowest BCUT2D eigenvalue weighted by Gasteiger charge is -2.24. The van der Waals surface area contributed by atoms with E-state index in [1.165, 1.54) is 24.9 Å². The van der Waals surface area contributed by atoms with Gasteiger partial charge in [0.25, 0.3) is 0 Å². The molecule has 0 aliphatic carbocycles. The number of aromatic nitrogens is 2. The molecule has 1 saturated heterocycles. The average Bonchev–Trinajstić information content (AvgIpc) is 3.31. The van der Waals surface area contributed by atoms with Gasteiger partial charge in [-0.05, 0) is 50.9 Å². The van der Waals surface area contributed by atoms with Crippen LogP contribution in [0.2, 0.25) is 0 Å². The lowest BCUT2D eigenvalue weighted by molar-refractivity contribution is -0.383. The van der Waals surface area contributed by atoms with Crippen molar-refractivity contribution in [3.05, 3.63) is 45.5 Å². The number of nitrogen functional groups attached to an aromatic ring is 1. The van der Waals surface area contributed by atoms with Crippen LogP contribution in [0.15, 0.2) is 24.3 Å².